The van der Waals surface area contributed by atoms with Gasteiger partial charge in [0.1, 0.15) is 5.75 Å². The number of nitrogens with zero attached hydrogens (tertiary/aromatic N) is 1. The first-order valence-electron chi connectivity index (χ1n) is 9.48. The van der Waals surface area contributed by atoms with Crippen LogP contribution in [0.3, 0.4) is 0 Å². The predicted octanol–water partition coefficient (Wildman–Crippen LogP) is 2.92. The number of hydrogen-bond acceptors (Lipinski definition) is 4. The molecule has 6 nitrogen and oxygen atoms in total. The molecule has 2 rings (SSSR count). The van der Waals surface area contributed by atoms with Gasteiger partial charge in [0.15, 0.2) is 0 Å². The number of hydrogen-bond donors (Lipinski definition) is 2. The number of benzene rings is 1. The minimum Gasteiger partial charge on any atom is -0.494 e. The Morgan fingerprint density at radius 3 is 2.54 bits per heavy atom. The van der Waals surface area contributed by atoms with E-state index in [9.17, 15) is 9.59 Å². The van der Waals surface area contributed by atoms with Crippen LogP contribution in [0.4, 0.5) is 4.79 Å². The minimum absolute atomic E-state index is 0.165. The summed E-state index contributed by atoms with van der Waals surface area (Å²) >= 11 is 0. The third kappa shape index (κ3) is 6.67. The van der Waals surface area contributed by atoms with Crippen molar-refractivity contribution < 1.29 is 14.3 Å². The highest BCUT2D eigenvalue weighted by molar-refractivity contribution is 5.95. The van der Waals surface area contributed by atoms with Crippen molar-refractivity contribution in [2.24, 2.45) is 5.92 Å². The van der Waals surface area contributed by atoms with E-state index in [4.69, 9.17) is 4.74 Å². The maximum absolute atomic E-state index is 12.1. The summed E-state index contributed by atoms with van der Waals surface area (Å²) in [5.74, 6) is 1.01. The number of imide groups is 1. The van der Waals surface area contributed by atoms with E-state index >= 15 is 0 Å². The van der Waals surface area contributed by atoms with Gasteiger partial charge in [-0.2, -0.15) is 0 Å². The Bertz CT molecular complexity index is 588. The molecule has 0 aliphatic heterocycles. The Hall–Kier alpha value is -2.08. The van der Waals surface area contributed by atoms with Crippen LogP contribution in [-0.4, -0.2) is 43.1 Å². The lowest BCUT2D eigenvalue weighted by Crippen LogP contribution is -2.49. The SMILES string of the molecule is CCOc1ccc(CN(C)CC(=O)NC(=O)NC2CCCCC2C)cc1. The molecule has 6 heteroatoms. The molecule has 0 heterocycles. The van der Waals surface area contributed by atoms with E-state index in [1.165, 1.54) is 6.42 Å². The highest BCUT2D eigenvalue weighted by atomic mass is 16.5. The van der Waals surface area contributed by atoms with Gasteiger partial charge in [-0.05, 0) is 50.4 Å². The smallest absolute Gasteiger partial charge is 0.321 e. The summed E-state index contributed by atoms with van der Waals surface area (Å²) < 4.78 is 5.42. The van der Waals surface area contributed by atoms with E-state index in [0.717, 1.165) is 30.6 Å². The number of carbonyl (C=O) groups excluding carboxylic acids is 2. The first-order valence-corrected chi connectivity index (χ1v) is 9.48. The monoisotopic (exact) mass is 361 g/mol. The van der Waals surface area contributed by atoms with Crippen molar-refractivity contribution in [3.63, 3.8) is 0 Å². The summed E-state index contributed by atoms with van der Waals surface area (Å²) in [6, 6.07) is 7.59. The van der Waals surface area contributed by atoms with Crippen LogP contribution in [0.1, 0.15) is 45.1 Å². The van der Waals surface area contributed by atoms with Gasteiger partial charge in [-0.1, -0.05) is 31.9 Å². The van der Waals surface area contributed by atoms with Crippen LogP contribution < -0.4 is 15.4 Å². The summed E-state index contributed by atoms with van der Waals surface area (Å²) in [5, 5.41) is 5.38. The number of nitrogens with one attached hydrogen (secondary N) is 2. The van der Waals surface area contributed by atoms with Gasteiger partial charge in [0.25, 0.3) is 0 Å². The van der Waals surface area contributed by atoms with E-state index < -0.39 is 0 Å². The molecule has 0 saturated heterocycles. The molecule has 0 radical (unpaired) electrons. The fourth-order valence-corrected chi connectivity index (χ4v) is 3.37. The summed E-state index contributed by atoms with van der Waals surface area (Å²) in [6.07, 6.45) is 4.47. The fourth-order valence-electron chi connectivity index (χ4n) is 3.37. The summed E-state index contributed by atoms with van der Waals surface area (Å²) in [4.78, 5) is 26.0. The van der Waals surface area contributed by atoms with E-state index in [1.807, 2.05) is 43.1 Å². The van der Waals surface area contributed by atoms with Gasteiger partial charge >= 0.3 is 6.03 Å². The van der Waals surface area contributed by atoms with Crippen LogP contribution in [0.25, 0.3) is 0 Å². The second-order valence-electron chi connectivity index (χ2n) is 7.14. The molecular weight excluding hydrogens is 330 g/mol. The van der Waals surface area contributed by atoms with Gasteiger partial charge in [0, 0.05) is 12.6 Å². The van der Waals surface area contributed by atoms with Gasteiger partial charge in [-0.15, -0.1) is 0 Å². The lowest BCUT2D eigenvalue weighted by molar-refractivity contribution is -0.121. The summed E-state index contributed by atoms with van der Waals surface area (Å²) in [6.45, 7) is 5.53. The van der Waals surface area contributed by atoms with Gasteiger partial charge in [0.2, 0.25) is 5.91 Å². The zero-order chi connectivity index (χ0) is 18.9. The van der Waals surface area contributed by atoms with Crippen molar-refractivity contribution in [1.82, 2.24) is 15.5 Å². The molecule has 0 bridgehead atoms. The predicted molar refractivity (Wildman–Crippen MR) is 102 cm³/mol. The van der Waals surface area contributed by atoms with Crippen LogP contribution in [0, 0.1) is 5.92 Å². The normalized spacial score (nSPS) is 19.8. The van der Waals surface area contributed by atoms with Crippen LogP contribution in [0.5, 0.6) is 5.75 Å². The molecule has 144 valence electrons. The van der Waals surface area contributed by atoms with Crippen LogP contribution >= 0.6 is 0 Å². The maximum atomic E-state index is 12.1. The second-order valence-corrected chi connectivity index (χ2v) is 7.14. The highest BCUT2D eigenvalue weighted by Gasteiger charge is 2.23. The van der Waals surface area contributed by atoms with E-state index in [2.05, 4.69) is 17.6 Å². The van der Waals surface area contributed by atoms with Gasteiger partial charge < -0.3 is 10.1 Å². The molecule has 0 aromatic heterocycles. The van der Waals surface area contributed by atoms with E-state index in [0.29, 0.717) is 19.1 Å². The number of carbonyl (C=O) groups is 2. The number of urea groups is 1. The van der Waals surface area contributed by atoms with E-state index in [-0.39, 0.29) is 24.5 Å². The summed E-state index contributed by atoms with van der Waals surface area (Å²) in [7, 11) is 1.86. The number of rotatable bonds is 7. The molecule has 26 heavy (non-hydrogen) atoms. The molecule has 2 unspecified atom stereocenters. The van der Waals surface area contributed by atoms with Crippen molar-refractivity contribution >= 4 is 11.9 Å². The Morgan fingerprint density at radius 1 is 1.19 bits per heavy atom. The molecule has 1 fully saturated rings. The van der Waals surface area contributed by atoms with Crippen LogP contribution in [-0.2, 0) is 11.3 Å². The second kappa shape index (κ2) is 10.2. The molecule has 2 N–H and O–H groups in total. The molecule has 1 saturated carbocycles. The molecule has 0 spiro atoms. The number of likely N-dealkylation sites (N-methyl/N-ethyl adjacent to an activating group) is 1. The standard InChI is InChI=1S/C20H31N3O3/c1-4-26-17-11-9-16(10-12-17)13-23(3)14-19(24)22-20(25)21-18-8-6-5-7-15(18)2/h9-12,15,18H,4-8,13-14H2,1-3H3,(H2,21,22,24,25). The largest absolute Gasteiger partial charge is 0.494 e. The molecule has 3 amide bonds. The van der Waals surface area contributed by atoms with Crippen LogP contribution in [0.2, 0.25) is 0 Å². The third-order valence-corrected chi connectivity index (χ3v) is 4.78. The molecule has 1 aromatic carbocycles. The fraction of sp³-hybridized carbons (Fsp3) is 0.600. The number of ether oxygens (including phenoxy) is 1. The minimum atomic E-state index is -0.386. The van der Waals surface area contributed by atoms with Gasteiger partial charge in [-0.25, -0.2) is 4.79 Å². The zero-order valence-electron chi connectivity index (χ0n) is 16.1. The molecule has 1 aliphatic rings. The maximum Gasteiger partial charge on any atom is 0.321 e. The lowest BCUT2D eigenvalue weighted by atomic mass is 9.86. The topological polar surface area (TPSA) is 70.7 Å². The van der Waals surface area contributed by atoms with Gasteiger partial charge in [-0.3, -0.25) is 15.0 Å². The van der Waals surface area contributed by atoms with Crippen LogP contribution in [0.15, 0.2) is 24.3 Å². The Kier molecular flexibility index (Phi) is 7.91. The Labute approximate surface area is 156 Å². The molecule has 1 aliphatic carbocycles. The first kappa shape index (κ1) is 20.2. The Morgan fingerprint density at radius 2 is 1.88 bits per heavy atom. The Balaban J connectivity index is 1.73. The van der Waals surface area contributed by atoms with Gasteiger partial charge in [0.05, 0.1) is 13.2 Å². The van der Waals surface area contributed by atoms with E-state index in [1.54, 1.807) is 0 Å². The molecule has 1 aromatic rings. The summed E-state index contributed by atoms with van der Waals surface area (Å²) in [5.41, 5.74) is 1.09. The average Bonchev–Trinajstić information content (AvgIpc) is 2.58. The molecular formula is C20H31N3O3. The van der Waals surface area contributed by atoms with Crippen molar-refractivity contribution in [1.29, 1.82) is 0 Å². The first-order chi connectivity index (χ1) is 12.5. The lowest BCUT2D eigenvalue weighted by Gasteiger charge is -2.29. The molecule has 2 atom stereocenters. The van der Waals surface area contributed by atoms with Crippen molar-refractivity contribution in [3.8, 4) is 5.75 Å². The third-order valence-electron chi connectivity index (χ3n) is 4.78. The van der Waals surface area contributed by atoms with Crippen molar-refractivity contribution in [2.75, 3.05) is 20.2 Å². The average molecular weight is 361 g/mol. The quantitative estimate of drug-likeness (QED) is 0.783. The van der Waals surface area contributed by atoms with Crippen molar-refractivity contribution in [3.05, 3.63) is 29.8 Å². The highest BCUT2D eigenvalue weighted by Crippen LogP contribution is 2.23. The number of amides is 3. The zero-order valence-corrected chi connectivity index (χ0v) is 16.1. The van der Waals surface area contributed by atoms with Crippen molar-refractivity contribution in [2.45, 2.75) is 52.1 Å².